The average Bonchev–Trinajstić information content (AvgIpc) is 2.22. The fraction of sp³-hybridized carbons (Fsp3) is 0.300. The van der Waals surface area contributed by atoms with Crippen molar-refractivity contribution in [2.45, 2.75) is 6.54 Å². The van der Waals surface area contributed by atoms with Crippen LogP contribution in [0.1, 0.15) is 5.56 Å². The zero-order chi connectivity index (χ0) is 11.3. The first kappa shape index (κ1) is 16.0. The molecule has 0 atom stereocenters. The van der Waals surface area contributed by atoms with Crippen LogP contribution < -0.4 is 10.6 Å². The second-order valence-electron chi connectivity index (χ2n) is 2.91. The number of aliphatic imine (C=N–C) groups is 1. The minimum Gasteiger partial charge on any atom is -0.359 e. The van der Waals surface area contributed by atoms with E-state index >= 15 is 0 Å². The molecule has 0 aliphatic heterocycles. The minimum absolute atomic E-state index is 0. The smallest absolute Gasteiger partial charge is 0.190 e. The van der Waals surface area contributed by atoms with Crippen molar-refractivity contribution in [2.24, 2.45) is 4.99 Å². The van der Waals surface area contributed by atoms with Gasteiger partial charge in [-0.3, -0.25) is 4.99 Å². The monoisotopic (exact) mass is 417 g/mol. The number of hydrogen-bond acceptors (Lipinski definition) is 1. The summed E-state index contributed by atoms with van der Waals surface area (Å²) in [5.41, 5.74) is 1.04. The normalized spacial score (nSPS) is 10.6. The van der Waals surface area contributed by atoms with Crippen molar-refractivity contribution >= 4 is 57.5 Å². The number of guanidine groups is 1. The Bertz CT molecular complexity index is 371. The van der Waals surface area contributed by atoms with Gasteiger partial charge in [0.25, 0.3) is 0 Å². The standard InChI is InChI=1S/C10H13BrClN3.HI/c1-13-10(14-2)15-6-7-3-4-8(11)5-9(7)12;/h3-5H,6H2,1-2H3,(H2,13,14,15);1H. The lowest BCUT2D eigenvalue weighted by Gasteiger charge is -2.09. The first-order valence-electron chi connectivity index (χ1n) is 4.49. The van der Waals surface area contributed by atoms with Crippen LogP contribution in [-0.2, 0) is 6.54 Å². The van der Waals surface area contributed by atoms with E-state index in [2.05, 4.69) is 31.6 Å². The number of hydrogen-bond donors (Lipinski definition) is 2. The Kier molecular flexibility index (Phi) is 8.13. The number of nitrogens with one attached hydrogen (secondary N) is 2. The van der Waals surface area contributed by atoms with Gasteiger partial charge in [0, 0.05) is 30.1 Å². The third kappa shape index (κ3) is 4.88. The second-order valence-corrected chi connectivity index (χ2v) is 4.23. The van der Waals surface area contributed by atoms with E-state index in [1.807, 2.05) is 25.2 Å². The largest absolute Gasteiger partial charge is 0.359 e. The van der Waals surface area contributed by atoms with Gasteiger partial charge in [-0.25, -0.2) is 0 Å². The lowest BCUT2D eigenvalue weighted by atomic mass is 10.2. The van der Waals surface area contributed by atoms with Gasteiger partial charge in [0.1, 0.15) is 0 Å². The van der Waals surface area contributed by atoms with Crippen molar-refractivity contribution in [3.05, 3.63) is 33.3 Å². The predicted octanol–water partition coefficient (Wildman–Crippen LogP) is 3.02. The number of rotatable bonds is 2. The van der Waals surface area contributed by atoms with Crippen molar-refractivity contribution in [1.82, 2.24) is 10.6 Å². The van der Waals surface area contributed by atoms with Crippen LogP contribution in [0.4, 0.5) is 0 Å². The fourth-order valence-electron chi connectivity index (χ4n) is 1.12. The van der Waals surface area contributed by atoms with Crippen molar-refractivity contribution in [2.75, 3.05) is 14.1 Å². The maximum Gasteiger partial charge on any atom is 0.190 e. The third-order valence-electron chi connectivity index (χ3n) is 1.92. The molecular weight excluding hydrogens is 404 g/mol. The first-order chi connectivity index (χ1) is 7.17. The van der Waals surface area contributed by atoms with E-state index < -0.39 is 0 Å². The molecule has 0 fully saturated rings. The maximum absolute atomic E-state index is 6.07. The Hall–Kier alpha value is -0.0100. The average molecular weight is 419 g/mol. The zero-order valence-corrected chi connectivity index (χ0v) is 13.7. The summed E-state index contributed by atoms with van der Waals surface area (Å²) in [5, 5.41) is 6.81. The highest BCUT2D eigenvalue weighted by molar-refractivity contribution is 14.0. The van der Waals surface area contributed by atoms with Crippen LogP contribution in [0.3, 0.4) is 0 Å². The minimum atomic E-state index is 0. The molecule has 16 heavy (non-hydrogen) atoms. The molecule has 1 aromatic rings. The molecule has 0 aliphatic rings. The van der Waals surface area contributed by atoms with E-state index in [0.29, 0.717) is 6.54 Å². The quantitative estimate of drug-likeness (QED) is 0.440. The number of halogens is 3. The van der Waals surface area contributed by atoms with Gasteiger partial charge in [0.15, 0.2) is 5.96 Å². The molecule has 0 bridgehead atoms. The molecule has 0 radical (unpaired) electrons. The second kappa shape index (κ2) is 8.14. The third-order valence-corrected chi connectivity index (χ3v) is 2.77. The molecule has 0 amide bonds. The summed E-state index contributed by atoms with van der Waals surface area (Å²) >= 11 is 9.43. The Morgan fingerprint density at radius 3 is 2.69 bits per heavy atom. The van der Waals surface area contributed by atoms with Crippen molar-refractivity contribution in [1.29, 1.82) is 0 Å². The van der Waals surface area contributed by atoms with Crippen molar-refractivity contribution in [3.8, 4) is 0 Å². The zero-order valence-electron chi connectivity index (χ0n) is 9.05. The van der Waals surface area contributed by atoms with Gasteiger partial charge in [-0.2, -0.15) is 0 Å². The molecule has 0 spiro atoms. The molecule has 3 nitrogen and oxygen atoms in total. The molecular formula is C10H14BrClIN3. The molecule has 0 unspecified atom stereocenters. The van der Waals surface area contributed by atoms with Crippen LogP contribution in [0.5, 0.6) is 0 Å². The highest BCUT2D eigenvalue weighted by atomic mass is 127. The Labute approximate surface area is 126 Å². The maximum atomic E-state index is 6.07. The molecule has 2 N–H and O–H groups in total. The summed E-state index contributed by atoms with van der Waals surface area (Å²) in [5.74, 6) is 0.744. The number of nitrogens with zero attached hydrogens (tertiary/aromatic N) is 1. The molecule has 1 aromatic carbocycles. The summed E-state index contributed by atoms with van der Waals surface area (Å²) in [7, 11) is 3.54. The Morgan fingerprint density at radius 1 is 1.50 bits per heavy atom. The van der Waals surface area contributed by atoms with Gasteiger partial charge in [-0.1, -0.05) is 33.6 Å². The van der Waals surface area contributed by atoms with Crippen molar-refractivity contribution in [3.63, 3.8) is 0 Å². The van der Waals surface area contributed by atoms with E-state index in [0.717, 1.165) is 21.0 Å². The van der Waals surface area contributed by atoms with Crippen LogP contribution in [0.2, 0.25) is 5.02 Å². The Morgan fingerprint density at radius 2 is 2.19 bits per heavy atom. The van der Waals surface area contributed by atoms with Crippen LogP contribution in [0, 0.1) is 0 Å². The summed E-state index contributed by atoms with van der Waals surface area (Å²) in [6, 6.07) is 5.81. The molecule has 6 heteroatoms. The van der Waals surface area contributed by atoms with Gasteiger partial charge in [0.05, 0.1) is 0 Å². The predicted molar refractivity (Wildman–Crippen MR) is 83.8 cm³/mol. The van der Waals surface area contributed by atoms with Crippen LogP contribution in [-0.4, -0.2) is 20.1 Å². The first-order valence-corrected chi connectivity index (χ1v) is 5.66. The summed E-state index contributed by atoms with van der Waals surface area (Å²) in [6.45, 7) is 0.652. The van der Waals surface area contributed by atoms with E-state index in [-0.39, 0.29) is 24.0 Å². The van der Waals surface area contributed by atoms with Gasteiger partial charge >= 0.3 is 0 Å². The summed E-state index contributed by atoms with van der Waals surface area (Å²) in [6.07, 6.45) is 0. The molecule has 0 heterocycles. The molecule has 0 saturated carbocycles. The van der Waals surface area contributed by atoms with Crippen LogP contribution in [0.25, 0.3) is 0 Å². The lowest BCUT2D eigenvalue weighted by Crippen LogP contribution is -2.34. The van der Waals surface area contributed by atoms with Gasteiger partial charge in [0.2, 0.25) is 0 Å². The topological polar surface area (TPSA) is 36.4 Å². The molecule has 90 valence electrons. The fourth-order valence-corrected chi connectivity index (χ4v) is 1.86. The van der Waals surface area contributed by atoms with E-state index in [1.54, 1.807) is 7.05 Å². The number of benzene rings is 1. The van der Waals surface area contributed by atoms with Crippen LogP contribution >= 0.6 is 51.5 Å². The summed E-state index contributed by atoms with van der Waals surface area (Å²) in [4.78, 5) is 4.01. The van der Waals surface area contributed by atoms with Crippen molar-refractivity contribution < 1.29 is 0 Å². The van der Waals surface area contributed by atoms with Gasteiger partial charge in [-0.15, -0.1) is 24.0 Å². The highest BCUT2D eigenvalue weighted by Gasteiger charge is 2.01. The van der Waals surface area contributed by atoms with Gasteiger partial charge in [-0.05, 0) is 17.7 Å². The SMILES string of the molecule is CN=C(NC)NCc1ccc(Br)cc1Cl.I. The molecule has 0 aliphatic carbocycles. The van der Waals surface area contributed by atoms with Crippen LogP contribution in [0.15, 0.2) is 27.7 Å². The molecule has 0 saturated heterocycles. The molecule has 0 aromatic heterocycles. The Balaban J connectivity index is 0.00000225. The van der Waals surface area contributed by atoms with E-state index in [9.17, 15) is 0 Å². The highest BCUT2D eigenvalue weighted by Crippen LogP contribution is 2.20. The summed E-state index contributed by atoms with van der Waals surface area (Å²) < 4.78 is 0.981. The van der Waals surface area contributed by atoms with E-state index in [4.69, 9.17) is 11.6 Å². The van der Waals surface area contributed by atoms with E-state index in [1.165, 1.54) is 0 Å². The van der Waals surface area contributed by atoms with Gasteiger partial charge < -0.3 is 10.6 Å². The lowest BCUT2D eigenvalue weighted by molar-refractivity contribution is 0.866. The molecule has 1 rings (SSSR count).